The molecule has 1 aromatic carbocycles. The molecule has 0 saturated carbocycles. The Bertz CT molecular complexity index is 952. The summed E-state index contributed by atoms with van der Waals surface area (Å²) in [5, 5.41) is 7.40. The van der Waals surface area contributed by atoms with Crippen LogP contribution in [0.15, 0.2) is 39.5 Å². The Morgan fingerprint density at radius 1 is 1.29 bits per heavy atom. The van der Waals surface area contributed by atoms with Gasteiger partial charge in [0.2, 0.25) is 0 Å². The van der Waals surface area contributed by atoms with Crippen molar-refractivity contribution in [3.8, 4) is 0 Å². The van der Waals surface area contributed by atoms with Gasteiger partial charge in [-0.15, -0.1) is 0 Å². The van der Waals surface area contributed by atoms with Gasteiger partial charge in [0, 0.05) is 12.1 Å². The topological polar surface area (TPSA) is 82.2 Å². The summed E-state index contributed by atoms with van der Waals surface area (Å²) >= 11 is 0. The van der Waals surface area contributed by atoms with E-state index in [2.05, 4.69) is 15.4 Å². The molecule has 2 atom stereocenters. The SMILES string of the molecule is Cc1ccc(=O)n(C2COCC2Nc2nc3ccc(F)cc3o2)n1. The lowest BCUT2D eigenvalue weighted by Gasteiger charge is -2.19. The van der Waals surface area contributed by atoms with E-state index in [-0.39, 0.29) is 29.5 Å². The van der Waals surface area contributed by atoms with Gasteiger partial charge in [0.05, 0.1) is 24.9 Å². The molecule has 8 heteroatoms. The lowest BCUT2D eigenvalue weighted by molar-refractivity contribution is 0.182. The highest BCUT2D eigenvalue weighted by atomic mass is 19.1. The minimum absolute atomic E-state index is 0.192. The smallest absolute Gasteiger partial charge is 0.296 e. The van der Waals surface area contributed by atoms with Crippen LogP contribution in [0, 0.1) is 12.7 Å². The van der Waals surface area contributed by atoms with Crippen molar-refractivity contribution in [1.29, 1.82) is 0 Å². The van der Waals surface area contributed by atoms with Crippen LogP contribution in [-0.4, -0.2) is 34.0 Å². The fourth-order valence-electron chi connectivity index (χ4n) is 2.80. The summed E-state index contributed by atoms with van der Waals surface area (Å²) in [5.41, 5.74) is 1.47. The number of hydrogen-bond acceptors (Lipinski definition) is 6. The van der Waals surface area contributed by atoms with Crippen LogP contribution >= 0.6 is 0 Å². The predicted molar refractivity (Wildman–Crippen MR) is 84.5 cm³/mol. The van der Waals surface area contributed by atoms with Crippen LogP contribution in [0.3, 0.4) is 0 Å². The molecule has 24 heavy (non-hydrogen) atoms. The average Bonchev–Trinajstić information content (AvgIpc) is 3.16. The molecule has 3 aromatic rings. The fraction of sp³-hybridized carbons (Fsp3) is 0.312. The predicted octanol–water partition coefficient (Wildman–Crippen LogP) is 1.88. The van der Waals surface area contributed by atoms with Crippen molar-refractivity contribution in [3.63, 3.8) is 0 Å². The zero-order valence-electron chi connectivity index (χ0n) is 12.9. The van der Waals surface area contributed by atoms with Crippen molar-refractivity contribution in [3.05, 3.63) is 52.2 Å². The summed E-state index contributed by atoms with van der Waals surface area (Å²) in [6, 6.07) is 7.08. The van der Waals surface area contributed by atoms with E-state index < -0.39 is 0 Å². The van der Waals surface area contributed by atoms with Gasteiger partial charge in [-0.25, -0.2) is 9.07 Å². The van der Waals surface area contributed by atoms with Gasteiger partial charge in [0.15, 0.2) is 5.58 Å². The third-order valence-electron chi connectivity index (χ3n) is 3.98. The third-order valence-corrected chi connectivity index (χ3v) is 3.98. The zero-order valence-corrected chi connectivity index (χ0v) is 12.9. The standard InChI is InChI=1S/C16H15FN4O3/c1-9-2-5-15(22)21(20-9)13-8-23-7-12(13)19-16-18-11-4-3-10(17)6-14(11)24-16/h2-6,12-13H,7-8H2,1H3,(H,18,19). The monoisotopic (exact) mass is 330 g/mol. The third kappa shape index (κ3) is 2.65. The number of ether oxygens (including phenoxy) is 1. The number of aryl methyl sites for hydroxylation is 1. The molecule has 1 saturated heterocycles. The van der Waals surface area contributed by atoms with Crippen LogP contribution in [0.5, 0.6) is 0 Å². The van der Waals surface area contributed by atoms with Gasteiger partial charge in [-0.05, 0) is 25.1 Å². The maximum absolute atomic E-state index is 13.2. The van der Waals surface area contributed by atoms with Crippen molar-refractivity contribution >= 4 is 17.1 Å². The van der Waals surface area contributed by atoms with Crippen molar-refractivity contribution < 1.29 is 13.5 Å². The normalized spacial score (nSPS) is 20.6. The highest BCUT2D eigenvalue weighted by Crippen LogP contribution is 2.24. The fourth-order valence-corrected chi connectivity index (χ4v) is 2.80. The number of nitrogens with zero attached hydrogens (tertiary/aromatic N) is 3. The molecule has 0 radical (unpaired) electrons. The number of halogens is 1. The van der Waals surface area contributed by atoms with Crippen LogP contribution < -0.4 is 10.9 Å². The van der Waals surface area contributed by atoms with E-state index in [0.29, 0.717) is 24.3 Å². The van der Waals surface area contributed by atoms with Crippen LogP contribution in [-0.2, 0) is 4.74 Å². The Balaban J connectivity index is 1.62. The molecular formula is C16H15FN4O3. The average molecular weight is 330 g/mol. The van der Waals surface area contributed by atoms with Gasteiger partial charge in [0.25, 0.3) is 11.6 Å². The molecular weight excluding hydrogens is 315 g/mol. The molecule has 7 nitrogen and oxygen atoms in total. The number of oxazole rings is 1. The Kier molecular flexibility index (Phi) is 3.53. The van der Waals surface area contributed by atoms with Gasteiger partial charge in [-0.1, -0.05) is 0 Å². The number of hydrogen-bond donors (Lipinski definition) is 1. The number of anilines is 1. The van der Waals surface area contributed by atoms with E-state index in [1.807, 2.05) is 6.92 Å². The second-order valence-electron chi connectivity index (χ2n) is 5.74. The Morgan fingerprint density at radius 3 is 3.04 bits per heavy atom. The molecule has 0 spiro atoms. The minimum atomic E-state index is -0.386. The van der Waals surface area contributed by atoms with Gasteiger partial charge < -0.3 is 14.5 Å². The van der Waals surface area contributed by atoms with Gasteiger partial charge >= 0.3 is 0 Å². The van der Waals surface area contributed by atoms with E-state index in [1.54, 1.807) is 12.1 Å². The maximum Gasteiger partial charge on any atom is 0.296 e. The number of fused-ring (bicyclic) bond motifs is 1. The summed E-state index contributed by atoms with van der Waals surface area (Å²) in [6.45, 7) is 2.58. The quantitative estimate of drug-likeness (QED) is 0.790. The molecule has 3 heterocycles. The Labute approximate surface area is 136 Å². The van der Waals surface area contributed by atoms with Gasteiger partial charge in [-0.2, -0.15) is 10.1 Å². The molecule has 0 bridgehead atoms. The van der Waals surface area contributed by atoms with Crippen molar-refractivity contribution in [1.82, 2.24) is 14.8 Å². The lowest BCUT2D eigenvalue weighted by Crippen LogP contribution is -2.37. The van der Waals surface area contributed by atoms with Crippen LogP contribution in [0.1, 0.15) is 11.7 Å². The van der Waals surface area contributed by atoms with Crippen LogP contribution in [0.2, 0.25) is 0 Å². The van der Waals surface area contributed by atoms with E-state index in [0.717, 1.165) is 5.69 Å². The second kappa shape index (κ2) is 5.72. The minimum Gasteiger partial charge on any atom is -0.423 e. The molecule has 0 aliphatic carbocycles. The van der Waals surface area contributed by atoms with E-state index in [4.69, 9.17) is 9.15 Å². The largest absolute Gasteiger partial charge is 0.423 e. The van der Waals surface area contributed by atoms with Gasteiger partial charge in [-0.3, -0.25) is 4.79 Å². The summed E-state index contributed by atoms with van der Waals surface area (Å²) < 4.78 is 25.7. The van der Waals surface area contributed by atoms with Crippen molar-refractivity contribution in [2.45, 2.75) is 19.0 Å². The van der Waals surface area contributed by atoms with E-state index >= 15 is 0 Å². The summed E-state index contributed by atoms with van der Waals surface area (Å²) in [7, 11) is 0. The van der Waals surface area contributed by atoms with E-state index in [9.17, 15) is 9.18 Å². The first-order valence-corrected chi connectivity index (χ1v) is 7.57. The molecule has 1 aliphatic heterocycles. The van der Waals surface area contributed by atoms with E-state index in [1.165, 1.54) is 22.9 Å². The lowest BCUT2D eigenvalue weighted by atomic mass is 10.2. The number of nitrogens with one attached hydrogen (secondary N) is 1. The first kappa shape index (κ1) is 14.8. The summed E-state index contributed by atoms with van der Waals surface area (Å²) in [6.07, 6.45) is 0. The summed E-state index contributed by atoms with van der Waals surface area (Å²) in [4.78, 5) is 16.3. The highest BCUT2D eigenvalue weighted by Gasteiger charge is 2.32. The number of rotatable bonds is 3. The van der Waals surface area contributed by atoms with Crippen molar-refractivity contribution in [2.24, 2.45) is 0 Å². The first-order chi connectivity index (χ1) is 11.6. The molecule has 0 amide bonds. The molecule has 4 rings (SSSR count). The molecule has 124 valence electrons. The molecule has 2 aromatic heterocycles. The Hall–Kier alpha value is -2.74. The molecule has 1 aliphatic rings. The molecule has 1 N–H and O–H groups in total. The second-order valence-corrected chi connectivity index (χ2v) is 5.74. The Morgan fingerprint density at radius 2 is 2.17 bits per heavy atom. The van der Waals surface area contributed by atoms with Crippen LogP contribution in [0.4, 0.5) is 10.4 Å². The number of benzene rings is 1. The first-order valence-electron chi connectivity index (χ1n) is 7.57. The zero-order chi connectivity index (χ0) is 16.7. The molecule has 2 unspecified atom stereocenters. The number of aromatic nitrogens is 3. The highest BCUT2D eigenvalue weighted by molar-refractivity contribution is 5.74. The summed E-state index contributed by atoms with van der Waals surface area (Å²) in [5.74, 6) is -0.386. The molecule has 1 fully saturated rings. The van der Waals surface area contributed by atoms with Gasteiger partial charge in [0.1, 0.15) is 17.4 Å². The maximum atomic E-state index is 13.2. The van der Waals surface area contributed by atoms with Crippen molar-refractivity contribution in [2.75, 3.05) is 18.5 Å². The van der Waals surface area contributed by atoms with Crippen LogP contribution in [0.25, 0.3) is 11.1 Å².